The van der Waals surface area contributed by atoms with Crippen molar-refractivity contribution in [3.8, 4) is 5.75 Å². The number of rotatable bonds is 4. The standard InChI is InChI=1S/C22H13FN2O4S2/c23-12-5-8-14-16(10-12)31-22(24-14)25-18(11-3-6-13(26)7-4-11)17(20(28)21(25)29)19(27)15-2-1-9-30-15/h1-10,18,26,28H. The number of aliphatic hydroxyl groups is 1. The van der Waals surface area contributed by atoms with Crippen molar-refractivity contribution in [2.24, 2.45) is 0 Å². The molecule has 0 bridgehead atoms. The molecule has 31 heavy (non-hydrogen) atoms. The van der Waals surface area contributed by atoms with Crippen LogP contribution in [0.25, 0.3) is 10.2 Å². The molecule has 1 amide bonds. The largest absolute Gasteiger partial charge is 0.508 e. The molecule has 1 atom stereocenters. The molecule has 9 heteroatoms. The first-order chi connectivity index (χ1) is 14.9. The van der Waals surface area contributed by atoms with Crippen LogP contribution in [0.1, 0.15) is 21.3 Å². The Kier molecular flexibility index (Phi) is 4.57. The highest BCUT2D eigenvalue weighted by Gasteiger charge is 2.46. The van der Waals surface area contributed by atoms with E-state index in [-0.39, 0.29) is 16.5 Å². The van der Waals surface area contributed by atoms with Crippen LogP contribution in [0, 0.1) is 5.82 Å². The third-order valence-corrected chi connectivity index (χ3v) is 6.84. The van der Waals surface area contributed by atoms with Crippen molar-refractivity contribution >= 4 is 49.7 Å². The maximum atomic E-state index is 13.6. The highest BCUT2D eigenvalue weighted by molar-refractivity contribution is 7.22. The molecule has 5 rings (SSSR count). The molecule has 2 aromatic carbocycles. The molecule has 2 aromatic heterocycles. The van der Waals surface area contributed by atoms with Gasteiger partial charge in [-0.25, -0.2) is 9.37 Å². The van der Waals surface area contributed by atoms with E-state index in [1.807, 2.05) is 0 Å². The Hall–Kier alpha value is -3.56. The summed E-state index contributed by atoms with van der Waals surface area (Å²) in [6.45, 7) is 0. The van der Waals surface area contributed by atoms with Gasteiger partial charge in [0.25, 0.3) is 5.91 Å². The topological polar surface area (TPSA) is 90.7 Å². The van der Waals surface area contributed by atoms with Gasteiger partial charge < -0.3 is 10.2 Å². The van der Waals surface area contributed by atoms with Crippen LogP contribution in [0.3, 0.4) is 0 Å². The van der Waals surface area contributed by atoms with E-state index < -0.39 is 29.3 Å². The molecular formula is C22H13FN2O4S2. The number of benzene rings is 2. The van der Waals surface area contributed by atoms with Crippen LogP contribution < -0.4 is 4.90 Å². The van der Waals surface area contributed by atoms with Crippen molar-refractivity contribution in [1.82, 2.24) is 4.98 Å². The Bertz CT molecular complexity index is 1360. The van der Waals surface area contributed by atoms with Gasteiger partial charge in [0.2, 0.25) is 5.78 Å². The molecule has 2 N–H and O–H groups in total. The minimum atomic E-state index is -0.951. The Balaban J connectivity index is 1.68. The maximum absolute atomic E-state index is 13.6. The molecule has 6 nitrogen and oxygen atoms in total. The monoisotopic (exact) mass is 452 g/mol. The van der Waals surface area contributed by atoms with Gasteiger partial charge in [-0.2, -0.15) is 0 Å². The van der Waals surface area contributed by atoms with E-state index in [0.29, 0.717) is 20.7 Å². The van der Waals surface area contributed by atoms with Gasteiger partial charge in [-0.15, -0.1) is 11.3 Å². The molecular weight excluding hydrogens is 439 g/mol. The lowest BCUT2D eigenvalue weighted by atomic mass is 9.95. The maximum Gasteiger partial charge on any atom is 0.296 e. The highest BCUT2D eigenvalue weighted by atomic mass is 32.1. The van der Waals surface area contributed by atoms with Crippen molar-refractivity contribution in [1.29, 1.82) is 0 Å². The van der Waals surface area contributed by atoms with Crippen LogP contribution in [0.4, 0.5) is 9.52 Å². The zero-order valence-electron chi connectivity index (χ0n) is 15.7. The summed E-state index contributed by atoms with van der Waals surface area (Å²) in [6, 6.07) is 12.5. The molecule has 154 valence electrons. The summed E-state index contributed by atoms with van der Waals surface area (Å²) in [4.78, 5) is 32.4. The highest BCUT2D eigenvalue weighted by Crippen LogP contribution is 2.44. The van der Waals surface area contributed by atoms with E-state index in [1.54, 1.807) is 29.6 Å². The van der Waals surface area contributed by atoms with E-state index in [4.69, 9.17) is 0 Å². The van der Waals surface area contributed by atoms with Gasteiger partial charge in [0.1, 0.15) is 11.6 Å². The number of thiazole rings is 1. The van der Waals surface area contributed by atoms with Gasteiger partial charge in [-0.1, -0.05) is 29.5 Å². The van der Waals surface area contributed by atoms with Crippen LogP contribution in [-0.4, -0.2) is 26.9 Å². The van der Waals surface area contributed by atoms with Crippen LogP contribution in [-0.2, 0) is 4.79 Å². The number of nitrogens with zero attached hydrogens (tertiary/aromatic N) is 2. The zero-order valence-corrected chi connectivity index (χ0v) is 17.3. The van der Waals surface area contributed by atoms with Crippen molar-refractivity contribution < 1.29 is 24.2 Å². The molecule has 0 saturated carbocycles. The first-order valence-corrected chi connectivity index (χ1v) is 10.8. The van der Waals surface area contributed by atoms with E-state index in [2.05, 4.69) is 4.98 Å². The molecule has 3 heterocycles. The van der Waals surface area contributed by atoms with Gasteiger partial charge >= 0.3 is 0 Å². The third-order valence-electron chi connectivity index (χ3n) is 4.95. The second-order valence-electron chi connectivity index (χ2n) is 6.85. The number of Topliss-reactive ketones (excluding diaryl/α,β-unsaturated/α-hetero) is 1. The van der Waals surface area contributed by atoms with Crippen LogP contribution >= 0.6 is 22.7 Å². The Morgan fingerprint density at radius 3 is 2.58 bits per heavy atom. The summed E-state index contributed by atoms with van der Waals surface area (Å²) < 4.78 is 14.2. The number of aromatic nitrogens is 1. The van der Waals surface area contributed by atoms with Gasteiger partial charge in [-0.05, 0) is 47.3 Å². The van der Waals surface area contributed by atoms with Gasteiger partial charge in [-0.3, -0.25) is 14.5 Å². The molecule has 1 unspecified atom stereocenters. The summed E-state index contributed by atoms with van der Waals surface area (Å²) in [7, 11) is 0. The number of carbonyl (C=O) groups is 2. The molecule has 0 aliphatic carbocycles. The predicted molar refractivity (Wildman–Crippen MR) is 116 cm³/mol. The molecule has 0 radical (unpaired) electrons. The van der Waals surface area contributed by atoms with Crippen LogP contribution in [0.2, 0.25) is 0 Å². The van der Waals surface area contributed by atoms with E-state index in [1.165, 1.54) is 46.6 Å². The summed E-state index contributed by atoms with van der Waals surface area (Å²) in [5, 5.41) is 22.3. The minimum absolute atomic E-state index is 0.0226. The number of aliphatic hydroxyl groups excluding tert-OH is 1. The Labute approximate surface area is 183 Å². The lowest BCUT2D eigenvalue weighted by Crippen LogP contribution is -2.30. The molecule has 1 aliphatic rings. The summed E-state index contributed by atoms with van der Waals surface area (Å²) in [5.41, 5.74) is 0.945. The van der Waals surface area contributed by atoms with Crippen molar-refractivity contribution in [3.63, 3.8) is 0 Å². The Morgan fingerprint density at radius 2 is 1.87 bits per heavy atom. The quantitative estimate of drug-likeness (QED) is 0.426. The first-order valence-electron chi connectivity index (χ1n) is 9.14. The van der Waals surface area contributed by atoms with Crippen LogP contribution in [0.5, 0.6) is 5.75 Å². The number of carbonyl (C=O) groups excluding carboxylic acids is 2. The lowest BCUT2D eigenvalue weighted by Gasteiger charge is -2.24. The number of hydrogen-bond donors (Lipinski definition) is 2. The fourth-order valence-corrected chi connectivity index (χ4v) is 5.23. The Morgan fingerprint density at radius 1 is 1.10 bits per heavy atom. The number of fused-ring (bicyclic) bond motifs is 1. The van der Waals surface area contributed by atoms with E-state index >= 15 is 0 Å². The number of thiophene rings is 1. The van der Waals surface area contributed by atoms with E-state index in [9.17, 15) is 24.2 Å². The number of ketones is 1. The number of phenolic OH excluding ortho intramolecular Hbond substituents is 1. The SMILES string of the molecule is O=C(C1=C(O)C(=O)N(c2nc3ccc(F)cc3s2)C1c1ccc(O)cc1)c1cccs1. The third kappa shape index (κ3) is 3.18. The van der Waals surface area contributed by atoms with Gasteiger partial charge in [0.05, 0.1) is 26.7 Å². The molecule has 0 spiro atoms. The number of anilines is 1. The average Bonchev–Trinajstić information content (AvgIpc) is 3.47. The van der Waals surface area contributed by atoms with Crippen molar-refractivity contribution in [3.05, 3.63) is 87.6 Å². The summed E-state index contributed by atoms with van der Waals surface area (Å²) in [6.07, 6.45) is 0. The summed E-state index contributed by atoms with van der Waals surface area (Å²) >= 11 is 2.29. The van der Waals surface area contributed by atoms with Crippen molar-refractivity contribution in [2.45, 2.75) is 6.04 Å². The number of aromatic hydroxyl groups is 1. The average molecular weight is 452 g/mol. The molecule has 4 aromatic rings. The second-order valence-corrected chi connectivity index (χ2v) is 8.80. The molecule has 1 aliphatic heterocycles. The minimum Gasteiger partial charge on any atom is -0.508 e. The van der Waals surface area contributed by atoms with Crippen molar-refractivity contribution in [2.75, 3.05) is 4.90 Å². The fourth-order valence-electron chi connectivity index (χ4n) is 3.54. The summed E-state index contributed by atoms with van der Waals surface area (Å²) in [5.74, 6) is -2.29. The molecule has 0 fully saturated rings. The zero-order chi connectivity index (χ0) is 21.7. The first kappa shape index (κ1) is 19.4. The van der Waals surface area contributed by atoms with E-state index in [0.717, 1.165) is 11.3 Å². The predicted octanol–water partition coefficient (Wildman–Crippen LogP) is 4.99. The number of halogens is 1. The lowest BCUT2D eigenvalue weighted by molar-refractivity contribution is -0.117. The second kappa shape index (κ2) is 7.29. The normalized spacial score (nSPS) is 16.5. The fraction of sp³-hybridized carbons (Fsp3) is 0.0455. The number of phenols is 1. The van der Waals surface area contributed by atoms with Crippen LogP contribution in [0.15, 0.2) is 71.3 Å². The molecule has 0 saturated heterocycles. The smallest absolute Gasteiger partial charge is 0.296 e. The van der Waals surface area contributed by atoms with Gasteiger partial charge in [0, 0.05) is 0 Å². The number of amides is 1. The number of hydrogen-bond acceptors (Lipinski definition) is 7. The van der Waals surface area contributed by atoms with Gasteiger partial charge in [0.15, 0.2) is 10.9 Å².